The molecule has 3 rings (SSSR count). The van der Waals surface area contributed by atoms with Crippen molar-refractivity contribution in [1.29, 1.82) is 0 Å². The molecule has 0 amide bonds. The molecular formula is C9H10N4. The van der Waals surface area contributed by atoms with Gasteiger partial charge < -0.3 is 10.7 Å². The Morgan fingerprint density at radius 1 is 1.38 bits per heavy atom. The van der Waals surface area contributed by atoms with Gasteiger partial charge in [0.05, 0.1) is 11.8 Å². The zero-order chi connectivity index (χ0) is 8.84. The highest BCUT2D eigenvalue weighted by molar-refractivity contribution is 5.87. The molecule has 0 atom stereocenters. The van der Waals surface area contributed by atoms with Crippen molar-refractivity contribution in [3.8, 4) is 0 Å². The highest BCUT2D eigenvalue weighted by Crippen LogP contribution is 2.28. The standard InChI is InChI=1S/C9H10N4/c10-9-8-7(11-4-12-8)5-2-1-3-6(5)13-9/h4H,1-3H2,(H2,10,13)(H,11,12). The van der Waals surface area contributed by atoms with Gasteiger partial charge in [0.15, 0.2) is 0 Å². The summed E-state index contributed by atoms with van der Waals surface area (Å²) >= 11 is 0. The number of imidazole rings is 1. The maximum absolute atomic E-state index is 5.79. The Morgan fingerprint density at radius 2 is 2.31 bits per heavy atom. The minimum Gasteiger partial charge on any atom is -0.382 e. The highest BCUT2D eigenvalue weighted by atomic mass is 14.9. The Bertz CT molecular complexity index is 472. The summed E-state index contributed by atoms with van der Waals surface area (Å²) in [6, 6.07) is 0. The number of aryl methyl sites for hydroxylation is 2. The molecule has 4 heteroatoms. The molecule has 2 heterocycles. The summed E-state index contributed by atoms with van der Waals surface area (Å²) in [6.45, 7) is 0. The first-order chi connectivity index (χ1) is 6.36. The summed E-state index contributed by atoms with van der Waals surface area (Å²) in [6.07, 6.45) is 4.99. The molecule has 0 spiro atoms. The molecule has 0 saturated heterocycles. The van der Waals surface area contributed by atoms with Crippen LogP contribution in [-0.2, 0) is 12.8 Å². The molecule has 0 aromatic carbocycles. The van der Waals surface area contributed by atoms with Crippen molar-refractivity contribution in [3.63, 3.8) is 0 Å². The van der Waals surface area contributed by atoms with Gasteiger partial charge in [-0.25, -0.2) is 9.97 Å². The van der Waals surface area contributed by atoms with Crippen LogP contribution in [0.25, 0.3) is 11.0 Å². The molecule has 1 aliphatic carbocycles. The monoisotopic (exact) mass is 174 g/mol. The second-order valence-corrected chi connectivity index (χ2v) is 3.40. The van der Waals surface area contributed by atoms with E-state index in [9.17, 15) is 0 Å². The molecule has 2 aromatic rings. The van der Waals surface area contributed by atoms with Crippen molar-refractivity contribution in [2.45, 2.75) is 19.3 Å². The molecule has 0 radical (unpaired) electrons. The van der Waals surface area contributed by atoms with E-state index in [1.807, 2.05) is 0 Å². The summed E-state index contributed by atoms with van der Waals surface area (Å²) in [5, 5.41) is 0. The SMILES string of the molecule is Nc1nc2c(c3nc[nH]c13)CCC2. The van der Waals surface area contributed by atoms with Gasteiger partial charge in [0, 0.05) is 11.3 Å². The smallest absolute Gasteiger partial charge is 0.149 e. The number of nitrogens with two attached hydrogens (primary N) is 1. The van der Waals surface area contributed by atoms with Crippen molar-refractivity contribution in [3.05, 3.63) is 17.6 Å². The second kappa shape index (κ2) is 2.22. The predicted octanol–water partition coefficient (Wildman–Crippen LogP) is 1.03. The summed E-state index contributed by atoms with van der Waals surface area (Å²) in [7, 11) is 0. The number of anilines is 1. The average Bonchev–Trinajstić information content (AvgIpc) is 2.66. The van der Waals surface area contributed by atoms with Gasteiger partial charge in [0.2, 0.25) is 0 Å². The third-order valence-corrected chi connectivity index (χ3v) is 2.63. The summed E-state index contributed by atoms with van der Waals surface area (Å²) in [4.78, 5) is 11.7. The number of nitrogen functional groups attached to an aromatic ring is 1. The normalized spacial score (nSPS) is 15.1. The van der Waals surface area contributed by atoms with Crippen molar-refractivity contribution in [2.75, 3.05) is 5.73 Å². The molecule has 13 heavy (non-hydrogen) atoms. The van der Waals surface area contributed by atoms with E-state index in [1.165, 1.54) is 12.0 Å². The Balaban J connectivity index is 2.48. The van der Waals surface area contributed by atoms with Crippen molar-refractivity contribution >= 4 is 16.9 Å². The minimum atomic E-state index is 0.577. The van der Waals surface area contributed by atoms with Crippen LogP contribution in [0, 0.1) is 0 Å². The molecule has 66 valence electrons. The molecule has 0 aliphatic heterocycles. The van der Waals surface area contributed by atoms with Gasteiger partial charge in [0.25, 0.3) is 0 Å². The van der Waals surface area contributed by atoms with Crippen LogP contribution in [0.5, 0.6) is 0 Å². The van der Waals surface area contributed by atoms with E-state index in [0.29, 0.717) is 5.82 Å². The number of H-pyrrole nitrogens is 1. The Kier molecular flexibility index (Phi) is 1.17. The van der Waals surface area contributed by atoms with Crippen LogP contribution < -0.4 is 5.73 Å². The average molecular weight is 174 g/mol. The van der Waals surface area contributed by atoms with E-state index in [4.69, 9.17) is 5.73 Å². The Hall–Kier alpha value is -1.58. The number of pyridine rings is 1. The molecule has 4 nitrogen and oxygen atoms in total. The number of nitrogens with one attached hydrogen (secondary N) is 1. The van der Waals surface area contributed by atoms with E-state index in [1.54, 1.807) is 6.33 Å². The number of rotatable bonds is 0. The number of fused-ring (bicyclic) bond motifs is 3. The molecule has 3 N–H and O–H groups in total. The zero-order valence-electron chi connectivity index (χ0n) is 7.17. The van der Waals surface area contributed by atoms with Crippen LogP contribution in [0.3, 0.4) is 0 Å². The lowest BCUT2D eigenvalue weighted by Crippen LogP contribution is -1.97. The lowest BCUT2D eigenvalue weighted by molar-refractivity contribution is 0.900. The quantitative estimate of drug-likeness (QED) is 0.626. The first-order valence-corrected chi connectivity index (χ1v) is 4.46. The largest absolute Gasteiger partial charge is 0.382 e. The molecular weight excluding hydrogens is 164 g/mol. The van der Waals surface area contributed by atoms with E-state index in [-0.39, 0.29) is 0 Å². The van der Waals surface area contributed by atoms with E-state index >= 15 is 0 Å². The zero-order valence-corrected chi connectivity index (χ0v) is 7.17. The molecule has 2 aromatic heterocycles. The van der Waals surface area contributed by atoms with Crippen LogP contribution in [0.1, 0.15) is 17.7 Å². The van der Waals surface area contributed by atoms with Gasteiger partial charge in [-0.2, -0.15) is 0 Å². The maximum atomic E-state index is 5.79. The molecule has 0 fully saturated rings. The van der Waals surface area contributed by atoms with Gasteiger partial charge in [0.1, 0.15) is 11.3 Å². The second-order valence-electron chi connectivity index (χ2n) is 3.40. The summed E-state index contributed by atoms with van der Waals surface area (Å²) in [5.41, 5.74) is 10.1. The molecule has 0 unspecified atom stereocenters. The Morgan fingerprint density at radius 3 is 3.23 bits per heavy atom. The number of nitrogens with zero attached hydrogens (tertiary/aromatic N) is 2. The number of aromatic nitrogens is 3. The van der Waals surface area contributed by atoms with Crippen LogP contribution >= 0.6 is 0 Å². The van der Waals surface area contributed by atoms with Gasteiger partial charge in [-0.05, 0) is 19.3 Å². The van der Waals surface area contributed by atoms with E-state index < -0.39 is 0 Å². The van der Waals surface area contributed by atoms with Gasteiger partial charge >= 0.3 is 0 Å². The van der Waals surface area contributed by atoms with Crippen molar-refractivity contribution in [1.82, 2.24) is 15.0 Å². The molecule has 0 saturated carbocycles. The van der Waals surface area contributed by atoms with Gasteiger partial charge in [-0.3, -0.25) is 0 Å². The van der Waals surface area contributed by atoms with Crippen LogP contribution in [-0.4, -0.2) is 15.0 Å². The third kappa shape index (κ3) is 0.798. The van der Waals surface area contributed by atoms with Gasteiger partial charge in [-0.1, -0.05) is 0 Å². The summed E-state index contributed by atoms with van der Waals surface area (Å²) in [5.74, 6) is 0.577. The summed E-state index contributed by atoms with van der Waals surface area (Å²) < 4.78 is 0. The van der Waals surface area contributed by atoms with Crippen LogP contribution in [0.15, 0.2) is 6.33 Å². The maximum Gasteiger partial charge on any atom is 0.149 e. The molecule has 1 aliphatic rings. The predicted molar refractivity (Wildman–Crippen MR) is 50.3 cm³/mol. The highest BCUT2D eigenvalue weighted by Gasteiger charge is 2.18. The fraction of sp³-hybridized carbons (Fsp3) is 0.333. The topological polar surface area (TPSA) is 67.6 Å². The van der Waals surface area contributed by atoms with Crippen molar-refractivity contribution in [2.24, 2.45) is 0 Å². The molecule has 0 bridgehead atoms. The third-order valence-electron chi connectivity index (χ3n) is 2.63. The van der Waals surface area contributed by atoms with Crippen LogP contribution in [0.2, 0.25) is 0 Å². The first kappa shape index (κ1) is 6.88. The van der Waals surface area contributed by atoms with Crippen LogP contribution in [0.4, 0.5) is 5.82 Å². The number of hydrogen-bond donors (Lipinski definition) is 2. The fourth-order valence-corrected chi connectivity index (χ4v) is 2.03. The lowest BCUT2D eigenvalue weighted by Gasteiger charge is -2.01. The van der Waals surface area contributed by atoms with E-state index in [0.717, 1.165) is 29.6 Å². The van der Waals surface area contributed by atoms with Crippen molar-refractivity contribution < 1.29 is 0 Å². The Labute approximate surface area is 75.2 Å². The minimum absolute atomic E-state index is 0.577. The number of hydrogen-bond acceptors (Lipinski definition) is 3. The lowest BCUT2D eigenvalue weighted by atomic mass is 10.2. The first-order valence-electron chi connectivity index (χ1n) is 4.46. The van der Waals surface area contributed by atoms with Gasteiger partial charge in [-0.15, -0.1) is 0 Å². The number of aromatic amines is 1. The van der Waals surface area contributed by atoms with E-state index in [2.05, 4.69) is 15.0 Å². The fourth-order valence-electron chi connectivity index (χ4n) is 2.03.